The molecule has 0 bridgehead atoms. The molecular weight excluding hydrogens is 304 g/mol. The van der Waals surface area contributed by atoms with Crippen LogP contribution in [-0.4, -0.2) is 47.9 Å². The summed E-state index contributed by atoms with van der Waals surface area (Å²) in [7, 11) is 0. The summed E-state index contributed by atoms with van der Waals surface area (Å²) in [5, 5.41) is 13.7. The smallest absolute Gasteiger partial charge is 0.141 e. The maximum absolute atomic E-state index is 8.86. The second-order valence-electron chi connectivity index (χ2n) is 6.43. The van der Waals surface area contributed by atoms with E-state index in [9.17, 15) is 0 Å². The first-order chi connectivity index (χ1) is 11.7. The highest BCUT2D eigenvalue weighted by molar-refractivity contribution is 5.87. The van der Waals surface area contributed by atoms with E-state index < -0.39 is 0 Å². The summed E-state index contributed by atoms with van der Waals surface area (Å²) in [5.74, 6) is 7.98. The summed E-state index contributed by atoms with van der Waals surface area (Å²) in [6, 6.07) is 1.98. The Labute approximate surface area is 142 Å². The Morgan fingerprint density at radius 3 is 2.96 bits per heavy atom. The fourth-order valence-electron chi connectivity index (χ4n) is 3.67. The number of aliphatic hydroxyl groups is 1. The maximum atomic E-state index is 8.86. The number of nitrogens with zero attached hydrogens (tertiary/aromatic N) is 3. The quantitative estimate of drug-likeness (QED) is 0.361. The highest BCUT2D eigenvalue weighted by Crippen LogP contribution is 2.40. The molecule has 0 atom stereocenters. The highest BCUT2D eigenvalue weighted by Gasteiger charge is 2.29. The average Bonchev–Trinajstić information content (AvgIpc) is 3.07. The van der Waals surface area contributed by atoms with Crippen molar-refractivity contribution in [3.8, 4) is 0 Å². The van der Waals surface area contributed by atoms with Crippen molar-refractivity contribution in [2.24, 2.45) is 27.7 Å². The zero-order chi connectivity index (χ0) is 16.9. The molecule has 1 aliphatic heterocycles. The topological polar surface area (TPSA) is 102 Å². The van der Waals surface area contributed by atoms with Crippen LogP contribution < -0.4 is 11.2 Å². The van der Waals surface area contributed by atoms with Crippen molar-refractivity contribution < 1.29 is 5.11 Å². The van der Waals surface area contributed by atoms with Crippen molar-refractivity contribution in [3.05, 3.63) is 23.5 Å². The van der Waals surface area contributed by atoms with Crippen LogP contribution in [0.5, 0.6) is 0 Å². The van der Waals surface area contributed by atoms with Gasteiger partial charge < -0.3 is 15.4 Å². The zero-order valence-corrected chi connectivity index (χ0v) is 13.9. The SMILES string of the molecule is C=N/C(=C1/c2cc[nH]c2N=CN1N)[C@H]1CC[C@H](CNCCO)CC1. The van der Waals surface area contributed by atoms with Crippen LogP contribution in [0.25, 0.3) is 5.70 Å². The van der Waals surface area contributed by atoms with E-state index in [0.717, 1.165) is 55.0 Å². The van der Waals surface area contributed by atoms with Gasteiger partial charge in [0.15, 0.2) is 0 Å². The summed E-state index contributed by atoms with van der Waals surface area (Å²) in [5.41, 5.74) is 2.85. The van der Waals surface area contributed by atoms with Crippen LogP contribution in [0.3, 0.4) is 0 Å². The molecule has 0 unspecified atom stereocenters. The van der Waals surface area contributed by atoms with E-state index in [1.54, 1.807) is 11.3 Å². The van der Waals surface area contributed by atoms with Gasteiger partial charge in [-0.2, -0.15) is 0 Å². The molecule has 3 rings (SSSR count). The first-order valence-corrected chi connectivity index (χ1v) is 8.53. The summed E-state index contributed by atoms with van der Waals surface area (Å²) < 4.78 is 0. The first kappa shape index (κ1) is 16.9. The molecule has 1 aliphatic carbocycles. The molecule has 0 saturated heterocycles. The lowest BCUT2D eigenvalue weighted by molar-refractivity contribution is 0.264. The molecule has 0 aromatic carbocycles. The standard InChI is InChI=1S/C17H26N6O/c1-19-15(13-4-2-12(3-5-13)10-20-8-9-24)16-14-6-7-21-17(14)22-11-23(16)18/h6-7,11-13,20-21,24H,1-5,8-10,18H2/b16-15-/t12-,13-. The zero-order valence-electron chi connectivity index (χ0n) is 13.9. The Morgan fingerprint density at radius 1 is 1.46 bits per heavy atom. The van der Waals surface area contributed by atoms with Crippen LogP contribution in [0.4, 0.5) is 5.82 Å². The minimum absolute atomic E-state index is 0.193. The Hall–Kier alpha value is -1.96. The van der Waals surface area contributed by atoms with Gasteiger partial charge in [0.25, 0.3) is 0 Å². The van der Waals surface area contributed by atoms with Crippen molar-refractivity contribution in [1.82, 2.24) is 15.3 Å². The Bertz CT molecular complexity index is 627. The molecule has 7 heteroatoms. The molecule has 24 heavy (non-hydrogen) atoms. The van der Waals surface area contributed by atoms with Gasteiger partial charge in [-0.3, -0.25) is 10.0 Å². The molecule has 5 N–H and O–H groups in total. The number of hydrogen-bond acceptors (Lipinski definition) is 6. The van der Waals surface area contributed by atoms with E-state index in [1.165, 1.54) is 0 Å². The van der Waals surface area contributed by atoms with E-state index in [-0.39, 0.29) is 6.61 Å². The third-order valence-corrected chi connectivity index (χ3v) is 4.92. The highest BCUT2D eigenvalue weighted by atomic mass is 16.3. The van der Waals surface area contributed by atoms with Crippen molar-refractivity contribution in [2.45, 2.75) is 25.7 Å². The van der Waals surface area contributed by atoms with Gasteiger partial charge in [0.2, 0.25) is 0 Å². The molecule has 1 fully saturated rings. The summed E-state index contributed by atoms with van der Waals surface area (Å²) in [6.45, 7) is 5.63. The molecule has 0 spiro atoms. The number of fused-ring (bicyclic) bond motifs is 1. The van der Waals surface area contributed by atoms with Crippen molar-refractivity contribution in [2.75, 3.05) is 19.7 Å². The van der Waals surface area contributed by atoms with Crippen LogP contribution in [0.2, 0.25) is 0 Å². The average molecular weight is 330 g/mol. The Balaban J connectivity index is 1.74. The van der Waals surface area contributed by atoms with Gasteiger partial charge >= 0.3 is 0 Å². The predicted octanol–water partition coefficient (Wildman–Crippen LogP) is 1.62. The second-order valence-corrected chi connectivity index (χ2v) is 6.43. The normalized spacial score (nSPS) is 25.5. The van der Waals surface area contributed by atoms with Crippen molar-refractivity contribution in [3.63, 3.8) is 0 Å². The minimum Gasteiger partial charge on any atom is -0.395 e. The lowest BCUT2D eigenvalue weighted by atomic mass is 9.79. The molecule has 0 radical (unpaired) electrons. The number of hydrazine groups is 1. The number of rotatable bonds is 6. The molecule has 2 aliphatic rings. The lowest BCUT2D eigenvalue weighted by Gasteiger charge is -2.32. The summed E-state index contributed by atoms with van der Waals surface area (Å²) in [6.07, 6.45) is 7.93. The third kappa shape index (κ3) is 3.43. The van der Waals surface area contributed by atoms with E-state index in [2.05, 4.69) is 27.0 Å². The fourth-order valence-corrected chi connectivity index (χ4v) is 3.67. The third-order valence-electron chi connectivity index (χ3n) is 4.92. The minimum atomic E-state index is 0.193. The van der Waals surface area contributed by atoms with E-state index in [4.69, 9.17) is 10.9 Å². The molecule has 7 nitrogen and oxygen atoms in total. The number of nitrogens with one attached hydrogen (secondary N) is 2. The van der Waals surface area contributed by atoms with Gasteiger partial charge in [-0.25, -0.2) is 10.8 Å². The Kier molecular flexibility index (Phi) is 5.44. The fraction of sp³-hybridized carbons (Fsp3) is 0.529. The monoisotopic (exact) mass is 330 g/mol. The van der Waals surface area contributed by atoms with Crippen molar-refractivity contribution >= 4 is 24.6 Å². The number of aliphatic hydroxyl groups excluding tert-OH is 1. The van der Waals surface area contributed by atoms with Gasteiger partial charge in [-0.1, -0.05) is 0 Å². The predicted molar refractivity (Wildman–Crippen MR) is 96.8 cm³/mol. The number of aromatic nitrogens is 1. The molecular formula is C17H26N6O. The lowest BCUT2D eigenvalue weighted by Crippen LogP contribution is -2.32. The maximum Gasteiger partial charge on any atom is 0.141 e. The molecule has 2 heterocycles. The molecule has 1 saturated carbocycles. The second kappa shape index (κ2) is 7.74. The molecule has 1 aromatic heterocycles. The molecule has 130 valence electrons. The van der Waals surface area contributed by atoms with Gasteiger partial charge in [0.05, 0.1) is 18.0 Å². The number of hydrogen-bond donors (Lipinski definition) is 4. The number of nitrogens with two attached hydrogens (primary N) is 1. The van der Waals surface area contributed by atoms with Gasteiger partial charge in [0.1, 0.15) is 12.2 Å². The van der Waals surface area contributed by atoms with Gasteiger partial charge in [0, 0.05) is 24.2 Å². The number of aliphatic imine (C=N–C) groups is 2. The summed E-state index contributed by atoms with van der Waals surface area (Å²) >= 11 is 0. The van der Waals surface area contributed by atoms with Crippen LogP contribution in [-0.2, 0) is 0 Å². The first-order valence-electron chi connectivity index (χ1n) is 8.53. The van der Waals surface area contributed by atoms with E-state index in [0.29, 0.717) is 18.4 Å². The number of allylic oxidation sites excluding steroid dienone is 1. The molecule has 1 aromatic rings. The van der Waals surface area contributed by atoms with E-state index in [1.807, 2.05) is 12.3 Å². The largest absolute Gasteiger partial charge is 0.395 e. The van der Waals surface area contributed by atoms with Crippen LogP contribution in [0.15, 0.2) is 27.9 Å². The van der Waals surface area contributed by atoms with E-state index >= 15 is 0 Å². The summed E-state index contributed by atoms with van der Waals surface area (Å²) in [4.78, 5) is 11.8. The van der Waals surface area contributed by atoms with Crippen LogP contribution in [0.1, 0.15) is 31.2 Å². The van der Waals surface area contributed by atoms with Crippen LogP contribution in [0, 0.1) is 11.8 Å². The van der Waals surface area contributed by atoms with Gasteiger partial charge in [-0.05, 0) is 50.9 Å². The number of aromatic amines is 1. The number of H-pyrrole nitrogens is 1. The van der Waals surface area contributed by atoms with Gasteiger partial charge in [-0.15, -0.1) is 0 Å². The molecule has 0 amide bonds. The van der Waals surface area contributed by atoms with Crippen LogP contribution >= 0.6 is 0 Å². The Morgan fingerprint density at radius 2 is 2.25 bits per heavy atom. The van der Waals surface area contributed by atoms with Crippen molar-refractivity contribution in [1.29, 1.82) is 0 Å².